The van der Waals surface area contributed by atoms with Gasteiger partial charge >= 0.3 is 6.03 Å². The molecular formula is C18H15ClFN3OS. The van der Waals surface area contributed by atoms with E-state index in [0.29, 0.717) is 23.7 Å². The van der Waals surface area contributed by atoms with Gasteiger partial charge in [0.25, 0.3) is 0 Å². The molecule has 0 saturated heterocycles. The predicted molar refractivity (Wildman–Crippen MR) is 99.7 cm³/mol. The summed E-state index contributed by atoms with van der Waals surface area (Å²) in [6.45, 7) is 0.457. The van der Waals surface area contributed by atoms with Crippen LogP contribution in [0.15, 0.2) is 53.9 Å². The van der Waals surface area contributed by atoms with E-state index >= 15 is 0 Å². The molecule has 0 aliphatic carbocycles. The first kappa shape index (κ1) is 17.4. The van der Waals surface area contributed by atoms with Gasteiger partial charge in [-0.1, -0.05) is 17.7 Å². The number of rotatable bonds is 5. The van der Waals surface area contributed by atoms with Gasteiger partial charge in [-0.3, -0.25) is 0 Å². The Morgan fingerprint density at radius 3 is 2.76 bits per heavy atom. The van der Waals surface area contributed by atoms with E-state index in [2.05, 4.69) is 15.6 Å². The van der Waals surface area contributed by atoms with Crippen LogP contribution in [-0.2, 0) is 6.42 Å². The minimum atomic E-state index is -0.295. The molecule has 1 heterocycles. The molecule has 0 radical (unpaired) electrons. The molecule has 128 valence electrons. The predicted octanol–water partition coefficient (Wildman–Crippen LogP) is 4.97. The maximum Gasteiger partial charge on any atom is 0.319 e. The second kappa shape index (κ2) is 8.09. The highest BCUT2D eigenvalue weighted by Crippen LogP contribution is 2.24. The zero-order valence-electron chi connectivity index (χ0n) is 13.1. The quantitative estimate of drug-likeness (QED) is 0.661. The van der Waals surface area contributed by atoms with Crippen molar-refractivity contribution in [2.45, 2.75) is 6.42 Å². The summed E-state index contributed by atoms with van der Waals surface area (Å²) in [4.78, 5) is 16.4. The molecule has 0 bridgehead atoms. The molecule has 0 fully saturated rings. The number of aromatic nitrogens is 1. The minimum Gasteiger partial charge on any atom is -0.337 e. The molecule has 0 aliphatic heterocycles. The van der Waals surface area contributed by atoms with E-state index in [1.165, 1.54) is 23.5 Å². The number of benzene rings is 2. The molecule has 25 heavy (non-hydrogen) atoms. The smallest absolute Gasteiger partial charge is 0.319 e. The Balaban J connectivity index is 1.49. The first-order chi connectivity index (χ1) is 12.1. The maximum absolute atomic E-state index is 13.0. The lowest BCUT2D eigenvalue weighted by molar-refractivity contribution is 0.252. The SMILES string of the molecule is O=C(NCCc1csc(-c2ccc(F)cc2)n1)Nc1cccc(Cl)c1. The van der Waals surface area contributed by atoms with Crippen molar-refractivity contribution in [3.63, 3.8) is 0 Å². The Morgan fingerprint density at radius 2 is 2.00 bits per heavy atom. The molecule has 2 amide bonds. The molecule has 3 aromatic rings. The van der Waals surface area contributed by atoms with Gasteiger partial charge in [0.1, 0.15) is 10.8 Å². The van der Waals surface area contributed by atoms with Crippen LogP contribution >= 0.6 is 22.9 Å². The van der Waals surface area contributed by atoms with Crippen LogP contribution < -0.4 is 10.6 Å². The molecule has 2 aromatic carbocycles. The number of amides is 2. The summed E-state index contributed by atoms with van der Waals surface area (Å²) in [5, 5.41) is 8.83. The molecule has 0 atom stereocenters. The largest absolute Gasteiger partial charge is 0.337 e. The van der Waals surface area contributed by atoms with E-state index in [1.807, 2.05) is 5.38 Å². The van der Waals surface area contributed by atoms with E-state index in [1.54, 1.807) is 36.4 Å². The van der Waals surface area contributed by atoms with Gasteiger partial charge in [-0.05, 0) is 42.5 Å². The van der Waals surface area contributed by atoms with Crippen LogP contribution in [0.2, 0.25) is 5.02 Å². The fourth-order valence-electron chi connectivity index (χ4n) is 2.19. The first-order valence-corrected chi connectivity index (χ1v) is 8.87. The summed E-state index contributed by atoms with van der Waals surface area (Å²) in [5.74, 6) is -0.268. The van der Waals surface area contributed by atoms with Gasteiger partial charge in [0, 0.05) is 34.6 Å². The van der Waals surface area contributed by atoms with Crippen LogP contribution in [0.25, 0.3) is 10.6 Å². The van der Waals surface area contributed by atoms with Crippen molar-refractivity contribution in [3.8, 4) is 10.6 Å². The van der Waals surface area contributed by atoms with Crippen molar-refractivity contribution in [2.24, 2.45) is 0 Å². The van der Waals surface area contributed by atoms with Crippen molar-refractivity contribution in [3.05, 3.63) is 70.4 Å². The van der Waals surface area contributed by atoms with Gasteiger partial charge in [0.2, 0.25) is 0 Å². The molecule has 4 nitrogen and oxygen atoms in total. The van der Waals surface area contributed by atoms with E-state index in [0.717, 1.165) is 16.3 Å². The van der Waals surface area contributed by atoms with Crippen molar-refractivity contribution < 1.29 is 9.18 Å². The normalized spacial score (nSPS) is 10.5. The number of carbonyl (C=O) groups is 1. The lowest BCUT2D eigenvalue weighted by Crippen LogP contribution is -2.30. The van der Waals surface area contributed by atoms with Crippen molar-refractivity contribution >= 4 is 34.7 Å². The van der Waals surface area contributed by atoms with Crippen LogP contribution in [-0.4, -0.2) is 17.6 Å². The van der Waals surface area contributed by atoms with Crippen molar-refractivity contribution in [1.82, 2.24) is 10.3 Å². The van der Waals surface area contributed by atoms with Crippen molar-refractivity contribution in [2.75, 3.05) is 11.9 Å². The third-order valence-corrected chi connectivity index (χ3v) is 4.57. The summed E-state index contributed by atoms with van der Waals surface area (Å²) in [6, 6.07) is 12.9. The Kier molecular flexibility index (Phi) is 5.63. The number of urea groups is 1. The summed E-state index contributed by atoms with van der Waals surface area (Å²) < 4.78 is 13.0. The van der Waals surface area contributed by atoms with E-state index < -0.39 is 0 Å². The van der Waals surface area contributed by atoms with Crippen LogP contribution in [0.1, 0.15) is 5.69 Å². The Bertz CT molecular complexity index is 867. The van der Waals surface area contributed by atoms with Crippen LogP contribution in [0.4, 0.5) is 14.9 Å². The molecular weight excluding hydrogens is 361 g/mol. The Morgan fingerprint density at radius 1 is 1.20 bits per heavy atom. The summed E-state index contributed by atoms with van der Waals surface area (Å²) >= 11 is 7.37. The highest BCUT2D eigenvalue weighted by molar-refractivity contribution is 7.13. The third kappa shape index (κ3) is 5.01. The number of thiazole rings is 1. The second-order valence-corrected chi connectivity index (χ2v) is 6.59. The number of halogens is 2. The second-order valence-electron chi connectivity index (χ2n) is 5.29. The molecule has 0 unspecified atom stereocenters. The van der Waals surface area contributed by atoms with Crippen LogP contribution in [0.3, 0.4) is 0 Å². The molecule has 0 spiro atoms. The summed E-state index contributed by atoms with van der Waals surface area (Å²) in [6.07, 6.45) is 0.612. The number of carbonyl (C=O) groups excluding carboxylic acids is 1. The number of hydrogen-bond donors (Lipinski definition) is 2. The Labute approximate surface area is 153 Å². The fraction of sp³-hybridized carbons (Fsp3) is 0.111. The Hall–Kier alpha value is -2.44. The number of hydrogen-bond acceptors (Lipinski definition) is 3. The standard InChI is InChI=1S/C18H15ClFN3OS/c19-13-2-1-3-15(10-13)23-18(24)21-9-8-16-11-25-17(22-16)12-4-6-14(20)7-5-12/h1-7,10-11H,8-9H2,(H2,21,23,24). The minimum absolute atomic E-state index is 0.268. The molecule has 0 saturated carbocycles. The average molecular weight is 376 g/mol. The topological polar surface area (TPSA) is 54.0 Å². The van der Waals surface area contributed by atoms with Gasteiger partial charge in [0.05, 0.1) is 5.69 Å². The van der Waals surface area contributed by atoms with Gasteiger partial charge < -0.3 is 10.6 Å². The van der Waals surface area contributed by atoms with Gasteiger partial charge in [0.15, 0.2) is 0 Å². The lowest BCUT2D eigenvalue weighted by Gasteiger charge is -2.07. The number of nitrogens with zero attached hydrogens (tertiary/aromatic N) is 1. The van der Waals surface area contributed by atoms with Crippen LogP contribution in [0, 0.1) is 5.82 Å². The van der Waals surface area contributed by atoms with Gasteiger partial charge in [-0.15, -0.1) is 11.3 Å². The highest BCUT2D eigenvalue weighted by Gasteiger charge is 2.06. The van der Waals surface area contributed by atoms with E-state index in [9.17, 15) is 9.18 Å². The maximum atomic E-state index is 13.0. The van der Waals surface area contributed by atoms with E-state index in [4.69, 9.17) is 11.6 Å². The zero-order chi connectivity index (χ0) is 17.6. The van der Waals surface area contributed by atoms with Crippen molar-refractivity contribution in [1.29, 1.82) is 0 Å². The van der Waals surface area contributed by atoms with E-state index in [-0.39, 0.29) is 11.8 Å². The molecule has 7 heteroatoms. The van der Waals surface area contributed by atoms with Crippen LogP contribution in [0.5, 0.6) is 0 Å². The summed E-state index contributed by atoms with van der Waals surface area (Å²) in [7, 11) is 0. The molecule has 2 N–H and O–H groups in total. The molecule has 0 aliphatic rings. The lowest BCUT2D eigenvalue weighted by atomic mass is 10.2. The first-order valence-electron chi connectivity index (χ1n) is 7.61. The number of nitrogens with one attached hydrogen (secondary N) is 2. The molecule has 1 aromatic heterocycles. The zero-order valence-corrected chi connectivity index (χ0v) is 14.7. The molecule has 3 rings (SSSR count). The highest BCUT2D eigenvalue weighted by atomic mass is 35.5. The summed E-state index contributed by atoms with van der Waals surface area (Å²) in [5.41, 5.74) is 2.40. The van der Waals surface area contributed by atoms with Gasteiger partial charge in [-0.25, -0.2) is 14.2 Å². The fourth-order valence-corrected chi connectivity index (χ4v) is 3.24. The average Bonchev–Trinajstić information content (AvgIpc) is 3.04. The monoisotopic (exact) mass is 375 g/mol. The number of anilines is 1. The van der Waals surface area contributed by atoms with Gasteiger partial charge in [-0.2, -0.15) is 0 Å². The third-order valence-electron chi connectivity index (χ3n) is 3.39.